The van der Waals surface area contributed by atoms with Crippen LogP contribution in [0.4, 0.5) is 5.69 Å². The lowest BCUT2D eigenvalue weighted by molar-refractivity contribution is 0.534. The molecular formula is C17H17N3O2. The van der Waals surface area contributed by atoms with Crippen molar-refractivity contribution in [2.75, 3.05) is 5.73 Å². The Labute approximate surface area is 127 Å². The van der Waals surface area contributed by atoms with Gasteiger partial charge in [0.1, 0.15) is 5.52 Å². The fourth-order valence-corrected chi connectivity index (χ4v) is 2.83. The van der Waals surface area contributed by atoms with E-state index in [4.69, 9.17) is 10.2 Å². The predicted molar refractivity (Wildman–Crippen MR) is 85.8 cm³/mol. The van der Waals surface area contributed by atoms with Crippen molar-refractivity contribution in [3.05, 3.63) is 46.2 Å². The molecule has 0 saturated heterocycles. The van der Waals surface area contributed by atoms with Crippen LogP contribution in [0.5, 0.6) is 0 Å². The first-order valence-corrected chi connectivity index (χ1v) is 7.41. The van der Waals surface area contributed by atoms with Gasteiger partial charge in [0, 0.05) is 36.0 Å². The van der Waals surface area contributed by atoms with Gasteiger partial charge in [-0.2, -0.15) is 0 Å². The number of fused-ring (bicyclic) bond motifs is 1. The lowest BCUT2D eigenvalue weighted by Crippen LogP contribution is -2.18. The van der Waals surface area contributed by atoms with E-state index < -0.39 is 0 Å². The number of aryl methyl sites for hydroxylation is 1. The SMILES string of the molecule is Cc1c(-c2cc(N)cc3nc(C4CC4)oc23)ccn(C)c1=O. The summed E-state index contributed by atoms with van der Waals surface area (Å²) in [5.41, 5.74) is 10.5. The van der Waals surface area contributed by atoms with E-state index in [2.05, 4.69) is 4.98 Å². The third-order valence-corrected chi connectivity index (χ3v) is 4.26. The molecule has 1 aromatic carbocycles. The highest BCUT2D eigenvalue weighted by Gasteiger charge is 2.29. The molecule has 4 rings (SSSR count). The first-order valence-electron chi connectivity index (χ1n) is 7.41. The number of nitrogens with zero attached hydrogens (tertiary/aromatic N) is 2. The van der Waals surface area contributed by atoms with Crippen LogP contribution in [-0.2, 0) is 7.05 Å². The Morgan fingerprint density at radius 3 is 2.82 bits per heavy atom. The second-order valence-electron chi connectivity index (χ2n) is 6.01. The van der Waals surface area contributed by atoms with Crippen molar-refractivity contribution in [3.8, 4) is 11.1 Å². The zero-order chi connectivity index (χ0) is 15.4. The second kappa shape index (κ2) is 4.47. The predicted octanol–water partition coefficient (Wildman–Crippen LogP) is 2.96. The molecule has 5 heteroatoms. The molecule has 1 fully saturated rings. The molecule has 2 aromatic heterocycles. The Hall–Kier alpha value is -2.56. The Morgan fingerprint density at radius 1 is 1.32 bits per heavy atom. The quantitative estimate of drug-likeness (QED) is 0.738. The smallest absolute Gasteiger partial charge is 0.253 e. The second-order valence-corrected chi connectivity index (χ2v) is 6.01. The van der Waals surface area contributed by atoms with Crippen molar-refractivity contribution < 1.29 is 4.42 Å². The summed E-state index contributed by atoms with van der Waals surface area (Å²) in [6.45, 7) is 1.82. The fourth-order valence-electron chi connectivity index (χ4n) is 2.83. The minimum Gasteiger partial charge on any atom is -0.440 e. The molecule has 2 N–H and O–H groups in total. The number of hydrogen-bond donors (Lipinski definition) is 1. The van der Waals surface area contributed by atoms with Gasteiger partial charge in [-0.1, -0.05) is 0 Å². The van der Waals surface area contributed by atoms with Gasteiger partial charge in [0.15, 0.2) is 11.5 Å². The minimum absolute atomic E-state index is 0.0185. The molecule has 112 valence electrons. The molecule has 5 nitrogen and oxygen atoms in total. The molecule has 0 bridgehead atoms. The van der Waals surface area contributed by atoms with Gasteiger partial charge in [-0.15, -0.1) is 0 Å². The third kappa shape index (κ3) is 1.93. The minimum atomic E-state index is -0.0185. The van der Waals surface area contributed by atoms with Crippen molar-refractivity contribution in [1.29, 1.82) is 0 Å². The van der Waals surface area contributed by atoms with Crippen LogP contribution in [0, 0.1) is 6.92 Å². The van der Waals surface area contributed by atoms with Crippen LogP contribution < -0.4 is 11.3 Å². The van der Waals surface area contributed by atoms with Gasteiger partial charge in [0.2, 0.25) is 0 Å². The summed E-state index contributed by atoms with van der Waals surface area (Å²) >= 11 is 0. The number of benzene rings is 1. The molecule has 22 heavy (non-hydrogen) atoms. The van der Waals surface area contributed by atoms with E-state index in [1.54, 1.807) is 17.8 Å². The molecule has 0 atom stereocenters. The summed E-state index contributed by atoms with van der Waals surface area (Å²) in [6.07, 6.45) is 4.02. The molecule has 1 aliphatic carbocycles. The van der Waals surface area contributed by atoms with Gasteiger partial charge in [-0.25, -0.2) is 4.98 Å². The van der Waals surface area contributed by atoms with Crippen molar-refractivity contribution in [2.45, 2.75) is 25.7 Å². The number of aromatic nitrogens is 2. The van der Waals surface area contributed by atoms with E-state index in [9.17, 15) is 4.79 Å². The average molecular weight is 295 g/mol. The van der Waals surface area contributed by atoms with Crippen LogP contribution in [0.15, 0.2) is 33.6 Å². The normalized spacial score (nSPS) is 14.6. The fraction of sp³-hybridized carbons (Fsp3) is 0.294. The molecule has 1 saturated carbocycles. The number of hydrogen-bond acceptors (Lipinski definition) is 4. The lowest BCUT2D eigenvalue weighted by atomic mass is 10.0. The largest absolute Gasteiger partial charge is 0.440 e. The highest BCUT2D eigenvalue weighted by atomic mass is 16.3. The Balaban J connectivity index is 2.01. The number of rotatable bonds is 2. The summed E-state index contributed by atoms with van der Waals surface area (Å²) in [5, 5.41) is 0. The Morgan fingerprint density at radius 2 is 2.09 bits per heavy atom. The number of pyridine rings is 1. The monoisotopic (exact) mass is 295 g/mol. The standard InChI is InChI=1S/C17H17N3O2/c1-9-12(5-6-20(2)17(9)21)13-7-11(18)8-14-15(13)22-16(19-14)10-3-4-10/h5-8,10H,3-4,18H2,1-2H3. The first kappa shape index (κ1) is 13.1. The average Bonchev–Trinajstić information content (AvgIpc) is 3.25. The molecular weight excluding hydrogens is 278 g/mol. The van der Waals surface area contributed by atoms with E-state index in [1.165, 1.54) is 0 Å². The summed E-state index contributed by atoms with van der Waals surface area (Å²) in [6, 6.07) is 5.60. The van der Waals surface area contributed by atoms with E-state index in [0.29, 0.717) is 22.8 Å². The summed E-state index contributed by atoms with van der Waals surface area (Å²) < 4.78 is 7.55. The number of oxazole rings is 1. The van der Waals surface area contributed by atoms with Crippen LogP contribution in [0.1, 0.15) is 30.2 Å². The molecule has 0 aliphatic heterocycles. The summed E-state index contributed by atoms with van der Waals surface area (Å²) in [4.78, 5) is 16.8. The van der Waals surface area contributed by atoms with Crippen molar-refractivity contribution in [2.24, 2.45) is 7.05 Å². The van der Waals surface area contributed by atoms with Gasteiger partial charge in [-0.3, -0.25) is 4.79 Å². The molecule has 1 aliphatic rings. The first-order chi connectivity index (χ1) is 10.5. The number of nitrogen functional groups attached to an aromatic ring is 1. The third-order valence-electron chi connectivity index (χ3n) is 4.26. The van der Waals surface area contributed by atoms with Gasteiger partial charge >= 0.3 is 0 Å². The maximum Gasteiger partial charge on any atom is 0.253 e. The van der Waals surface area contributed by atoms with E-state index in [0.717, 1.165) is 35.4 Å². The topological polar surface area (TPSA) is 74.0 Å². The van der Waals surface area contributed by atoms with Crippen LogP contribution in [-0.4, -0.2) is 9.55 Å². The van der Waals surface area contributed by atoms with Crippen LogP contribution in [0.25, 0.3) is 22.2 Å². The number of anilines is 1. The Kier molecular flexibility index (Phi) is 2.66. The van der Waals surface area contributed by atoms with Crippen LogP contribution >= 0.6 is 0 Å². The zero-order valence-corrected chi connectivity index (χ0v) is 12.6. The lowest BCUT2D eigenvalue weighted by Gasteiger charge is -2.08. The van der Waals surface area contributed by atoms with Crippen LogP contribution in [0.3, 0.4) is 0 Å². The highest BCUT2D eigenvalue weighted by molar-refractivity contribution is 5.94. The van der Waals surface area contributed by atoms with Gasteiger partial charge in [-0.05, 0) is 43.5 Å². The summed E-state index contributed by atoms with van der Waals surface area (Å²) in [5.74, 6) is 1.22. The van der Waals surface area contributed by atoms with E-state index in [1.807, 2.05) is 25.1 Å². The molecule has 2 heterocycles. The molecule has 0 unspecified atom stereocenters. The number of nitrogens with two attached hydrogens (primary N) is 1. The maximum absolute atomic E-state index is 12.2. The molecule has 0 amide bonds. The molecule has 0 radical (unpaired) electrons. The Bertz CT molecular complexity index is 948. The molecule has 0 spiro atoms. The van der Waals surface area contributed by atoms with Crippen LogP contribution in [0.2, 0.25) is 0 Å². The van der Waals surface area contributed by atoms with Gasteiger partial charge in [0.25, 0.3) is 5.56 Å². The van der Waals surface area contributed by atoms with Gasteiger partial charge in [0.05, 0.1) is 0 Å². The van der Waals surface area contributed by atoms with E-state index >= 15 is 0 Å². The summed E-state index contributed by atoms with van der Waals surface area (Å²) in [7, 11) is 1.74. The zero-order valence-electron chi connectivity index (χ0n) is 12.6. The highest BCUT2D eigenvalue weighted by Crippen LogP contribution is 2.42. The van der Waals surface area contributed by atoms with Crippen molar-refractivity contribution in [1.82, 2.24) is 9.55 Å². The molecule has 3 aromatic rings. The van der Waals surface area contributed by atoms with Gasteiger partial charge < -0.3 is 14.7 Å². The van der Waals surface area contributed by atoms with E-state index in [-0.39, 0.29) is 5.56 Å². The van der Waals surface area contributed by atoms with Crippen molar-refractivity contribution in [3.63, 3.8) is 0 Å². The maximum atomic E-state index is 12.2. The van der Waals surface area contributed by atoms with Crippen molar-refractivity contribution >= 4 is 16.8 Å².